The third kappa shape index (κ3) is 5.74. The van der Waals surface area contributed by atoms with Gasteiger partial charge in [0, 0.05) is 42.1 Å². The number of piperazine rings is 1. The van der Waals surface area contributed by atoms with Crippen LogP contribution in [-0.2, 0) is 19.6 Å². The molecule has 0 unspecified atom stereocenters. The van der Waals surface area contributed by atoms with E-state index in [-0.39, 0.29) is 36.0 Å². The number of ether oxygens (including phenoxy) is 1. The highest BCUT2D eigenvalue weighted by atomic mass is 35.5. The number of sulfonamides is 1. The summed E-state index contributed by atoms with van der Waals surface area (Å²) in [5.41, 5.74) is 1.71. The van der Waals surface area contributed by atoms with Crippen molar-refractivity contribution in [2.75, 3.05) is 45.2 Å². The molecule has 1 aliphatic rings. The van der Waals surface area contributed by atoms with Crippen LogP contribution in [0, 0.1) is 0 Å². The van der Waals surface area contributed by atoms with Gasteiger partial charge in [0.2, 0.25) is 15.9 Å². The maximum Gasteiger partial charge on any atom is 0.341 e. The van der Waals surface area contributed by atoms with E-state index in [9.17, 15) is 18.0 Å². The van der Waals surface area contributed by atoms with Gasteiger partial charge in [0.25, 0.3) is 0 Å². The van der Waals surface area contributed by atoms with Crippen LogP contribution in [0.4, 0.5) is 5.00 Å². The van der Waals surface area contributed by atoms with Gasteiger partial charge in [0.1, 0.15) is 10.6 Å². The first kappa shape index (κ1) is 25.3. The lowest BCUT2D eigenvalue weighted by molar-refractivity contribution is -0.117. The third-order valence-corrected chi connectivity index (χ3v) is 8.73. The van der Waals surface area contributed by atoms with Crippen LogP contribution in [-0.4, -0.2) is 69.3 Å². The first-order valence-corrected chi connectivity index (χ1v) is 13.5. The van der Waals surface area contributed by atoms with Crippen molar-refractivity contribution in [3.63, 3.8) is 0 Å². The molecule has 4 rings (SSSR count). The largest absolute Gasteiger partial charge is 0.465 e. The highest BCUT2D eigenvalue weighted by Crippen LogP contribution is 2.36. The minimum Gasteiger partial charge on any atom is -0.465 e. The zero-order valence-corrected chi connectivity index (χ0v) is 21.3. The number of halogens is 1. The molecule has 0 saturated carbocycles. The van der Waals surface area contributed by atoms with Crippen molar-refractivity contribution < 1.29 is 22.7 Å². The van der Waals surface area contributed by atoms with Gasteiger partial charge in [-0.3, -0.25) is 9.69 Å². The fourth-order valence-electron chi connectivity index (χ4n) is 3.84. The van der Waals surface area contributed by atoms with Gasteiger partial charge >= 0.3 is 5.97 Å². The summed E-state index contributed by atoms with van der Waals surface area (Å²) in [7, 11) is -2.27. The number of amides is 1. The lowest BCUT2D eigenvalue weighted by Crippen LogP contribution is -2.50. The first-order chi connectivity index (χ1) is 16.8. The Morgan fingerprint density at radius 1 is 1.03 bits per heavy atom. The molecule has 35 heavy (non-hydrogen) atoms. The van der Waals surface area contributed by atoms with Gasteiger partial charge in [-0.2, -0.15) is 4.31 Å². The van der Waals surface area contributed by atoms with E-state index in [0.717, 1.165) is 5.56 Å². The SMILES string of the molecule is COC(=O)c1c(-c2ccc(Cl)cc2)csc1NC(=O)CN1CCN(S(=O)(=O)c2ccccc2)CC1. The van der Waals surface area contributed by atoms with Gasteiger partial charge in [-0.25, -0.2) is 13.2 Å². The molecule has 11 heteroatoms. The van der Waals surface area contributed by atoms with E-state index in [1.54, 1.807) is 60.0 Å². The number of nitrogens with zero attached hydrogens (tertiary/aromatic N) is 2. The maximum absolute atomic E-state index is 12.8. The van der Waals surface area contributed by atoms with E-state index in [0.29, 0.717) is 28.7 Å². The molecule has 3 aromatic rings. The molecule has 0 atom stereocenters. The van der Waals surface area contributed by atoms with Crippen LogP contribution >= 0.6 is 22.9 Å². The first-order valence-electron chi connectivity index (χ1n) is 10.8. The average molecular weight is 534 g/mol. The number of methoxy groups -OCH3 is 1. The molecule has 1 saturated heterocycles. The number of esters is 1. The molecular formula is C24H24ClN3O5S2. The number of hydrogen-bond donors (Lipinski definition) is 1. The lowest BCUT2D eigenvalue weighted by Gasteiger charge is -2.33. The molecule has 2 heterocycles. The summed E-state index contributed by atoms with van der Waals surface area (Å²) in [6.45, 7) is 1.50. The highest BCUT2D eigenvalue weighted by Gasteiger charge is 2.29. The summed E-state index contributed by atoms with van der Waals surface area (Å²) in [4.78, 5) is 27.4. The summed E-state index contributed by atoms with van der Waals surface area (Å²) in [6.07, 6.45) is 0. The van der Waals surface area contributed by atoms with Crippen molar-refractivity contribution in [1.29, 1.82) is 0 Å². The number of rotatable bonds is 7. The minimum absolute atomic E-state index is 0.0774. The summed E-state index contributed by atoms with van der Waals surface area (Å²) < 4.78 is 32.0. The maximum atomic E-state index is 12.8. The monoisotopic (exact) mass is 533 g/mol. The Balaban J connectivity index is 1.40. The highest BCUT2D eigenvalue weighted by molar-refractivity contribution is 7.89. The predicted molar refractivity (Wildman–Crippen MR) is 136 cm³/mol. The Hall–Kier alpha value is -2.76. The van der Waals surface area contributed by atoms with Gasteiger partial charge in [-0.1, -0.05) is 41.9 Å². The number of carbonyl (C=O) groups excluding carboxylic acids is 2. The van der Waals surface area contributed by atoms with Crippen LogP contribution < -0.4 is 5.32 Å². The number of nitrogens with one attached hydrogen (secondary N) is 1. The molecule has 1 aromatic heterocycles. The number of thiophene rings is 1. The van der Waals surface area contributed by atoms with E-state index in [1.807, 2.05) is 4.90 Å². The van der Waals surface area contributed by atoms with E-state index < -0.39 is 16.0 Å². The molecule has 1 aliphatic heterocycles. The van der Waals surface area contributed by atoms with E-state index in [1.165, 1.54) is 22.8 Å². The Bertz CT molecular complexity index is 1300. The van der Waals surface area contributed by atoms with Gasteiger partial charge in [-0.15, -0.1) is 11.3 Å². The van der Waals surface area contributed by atoms with Crippen molar-refractivity contribution in [3.8, 4) is 11.1 Å². The van der Waals surface area contributed by atoms with E-state index in [2.05, 4.69) is 5.32 Å². The Kier molecular flexibility index (Phi) is 7.88. The van der Waals surface area contributed by atoms with Crippen molar-refractivity contribution in [2.45, 2.75) is 4.90 Å². The molecular weight excluding hydrogens is 510 g/mol. The predicted octanol–water partition coefficient (Wildman–Crippen LogP) is 3.80. The zero-order chi connectivity index (χ0) is 25.0. The number of benzene rings is 2. The smallest absolute Gasteiger partial charge is 0.341 e. The van der Waals surface area contributed by atoms with Gasteiger partial charge < -0.3 is 10.1 Å². The van der Waals surface area contributed by atoms with Crippen LogP contribution in [0.5, 0.6) is 0 Å². The molecule has 8 nitrogen and oxygen atoms in total. The quantitative estimate of drug-likeness (QED) is 0.464. The van der Waals surface area contributed by atoms with Crippen LogP contribution in [0.3, 0.4) is 0 Å². The lowest BCUT2D eigenvalue weighted by atomic mass is 10.0. The third-order valence-electron chi connectivity index (χ3n) is 5.67. The van der Waals surface area contributed by atoms with Gasteiger partial charge in [0.15, 0.2) is 0 Å². The van der Waals surface area contributed by atoms with E-state index >= 15 is 0 Å². The molecule has 2 aromatic carbocycles. The average Bonchev–Trinajstić information content (AvgIpc) is 3.28. The van der Waals surface area contributed by atoms with Crippen LogP contribution in [0.1, 0.15) is 10.4 Å². The molecule has 1 N–H and O–H groups in total. The Morgan fingerprint density at radius 2 is 1.69 bits per heavy atom. The van der Waals surface area contributed by atoms with Crippen molar-refractivity contribution in [2.24, 2.45) is 0 Å². The molecule has 0 bridgehead atoms. The second-order valence-electron chi connectivity index (χ2n) is 7.89. The molecule has 0 aliphatic carbocycles. The molecule has 0 spiro atoms. The molecule has 184 valence electrons. The summed E-state index contributed by atoms with van der Waals surface area (Å²) in [5, 5.41) is 5.59. The molecule has 1 amide bonds. The Labute approximate surface area is 213 Å². The second-order valence-corrected chi connectivity index (χ2v) is 11.1. The fourth-order valence-corrected chi connectivity index (χ4v) is 6.38. The Morgan fingerprint density at radius 3 is 2.31 bits per heavy atom. The van der Waals surface area contributed by atoms with Crippen LogP contribution in [0.15, 0.2) is 64.9 Å². The van der Waals surface area contributed by atoms with Crippen LogP contribution in [0.2, 0.25) is 5.02 Å². The topological polar surface area (TPSA) is 96.0 Å². The molecule has 0 radical (unpaired) electrons. The van der Waals surface area contributed by atoms with E-state index in [4.69, 9.17) is 16.3 Å². The van der Waals surface area contributed by atoms with Gasteiger partial charge in [-0.05, 0) is 29.8 Å². The second kappa shape index (κ2) is 10.9. The van der Waals surface area contributed by atoms with Gasteiger partial charge in [0.05, 0.1) is 18.6 Å². The van der Waals surface area contributed by atoms with Crippen molar-refractivity contribution in [3.05, 3.63) is 70.6 Å². The standard InChI is InChI=1S/C24H24ClN3O5S2/c1-33-24(30)22-20(17-7-9-18(25)10-8-17)16-34-23(22)26-21(29)15-27-11-13-28(14-12-27)35(31,32)19-5-3-2-4-6-19/h2-10,16H,11-15H2,1H3,(H,26,29). The number of carbonyl (C=O) groups is 2. The summed E-state index contributed by atoms with van der Waals surface area (Å²) >= 11 is 7.21. The summed E-state index contributed by atoms with van der Waals surface area (Å²) in [5.74, 6) is -0.842. The number of anilines is 1. The van der Waals surface area contributed by atoms with Crippen molar-refractivity contribution in [1.82, 2.24) is 9.21 Å². The number of hydrogen-bond acceptors (Lipinski definition) is 7. The minimum atomic E-state index is -3.56. The normalized spacial score (nSPS) is 15.0. The molecule has 1 fully saturated rings. The fraction of sp³-hybridized carbons (Fsp3) is 0.250. The van der Waals surface area contributed by atoms with Crippen LogP contribution in [0.25, 0.3) is 11.1 Å². The summed E-state index contributed by atoms with van der Waals surface area (Å²) in [6, 6.07) is 15.4. The van der Waals surface area contributed by atoms with Crippen molar-refractivity contribution >= 4 is 49.8 Å². The zero-order valence-electron chi connectivity index (χ0n) is 18.9.